The fourth-order valence-corrected chi connectivity index (χ4v) is 1.75. The number of carbonyl (C=O) groups excluding carboxylic acids is 4. The SMILES string of the molecule is COC(=O)/C(CC(=O)C(C)(C)C)=N\NC(=O)c1ccc(C(=O)OC)cc1. The molecule has 0 saturated heterocycles. The summed E-state index contributed by atoms with van der Waals surface area (Å²) in [6.45, 7) is 5.14. The highest BCUT2D eigenvalue weighted by molar-refractivity contribution is 6.40. The molecule has 0 aliphatic rings. The number of Topliss-reactive ketones (excluding diaryl/α,β-unsaturated/α-hetero) is 1. The Balaban J connectivity index is 2.91. The molecule has 0 spiro atoms. The molecule has 8 nitrogen and oxygen atoms in total. The summed E-state index contributed by atoms with van der Waals surface area (Å²) >= 11 is 0. The van der Waals surface area contributed by atoms with E-state index in [1.54, 1.807) is 20.8 Å². The number of hydrogen-bond donors (Lipinski definition) is 1. The molecule has 0 aliphatic carbocycles. The Bertz CT molecular complexity index is 729. The second kappa shape index (κ2) is 8.89. The van der Waals surface area contributed by atoms with Crippen molar-refractivity contribution in [3.63, 3.8) is 0 Å². The molecule has 1 aromatic carbocycles. The molecule has 0 heterocycles. The van der Waals surface area contributed by atoms with Crippen LogP contribution in [0.15, 0.2) is 29.4 Å². The number of esters is 2. The van der Waals surface area contributed by atoms with Gasteiger partial charge in [0, 0.05) is 11.0 Å². The average Bonchev–Trinajstić information content (AvgIpc) is 2.62. The summed E-state index contributed by atoms with van der Waals surface area (Å²) in [5, 5.41) is 3.73. The topological polar surface area (TPSA) is 111 Å². The molecule has 1 rings (SSSR count). The van der Waals surface area contributed by atoms with Gasteiger partial charge in [0.15, 0.2) is 5.71 Å². The first kappa shape index (κ1) is 21.0. The Kier molecular flexibility index (Phi) is 7.18. The van der Waals surface area contributed by atoms with E-state index in [4.69, 9.17) is 0 Å². The molecule has 0 bridgehead atoms. The van der Waals surface area contributed by atoms with E-state index in [1.807, 2.05) is 0 Å². The number of ketones is 1. The number of benzene rings is 1. The minimum Gasteiger partial charge on any atom is -0.465 e. The van der Waals surface area contributed by atoms with Gasteiger partial charge < -0.3 is 9.47 Å². The van der Waals surface area contributed by atoms with Crippen molar-refractivity contribution >= 4 is 29.3 Å². The number of nitrogens with zero attached hydrogens (tertiary/aromatic N) is 1. The molecular weight excluding hydrogens is 340 g/mol. The van der Waals surface area contributed by atoms with E-state index < -0.39 is 23.3 Å². The molecule has 1 aromatic rings. The Morgan fingerprint density at radius 3 is 1.96 bits per heavy atom. The van der Waals surface area contributed by atoms with E-state index in [2.05, 4.69) is 20.0 Å². The quantitative estimate of drug-likeness (QED) is 0.469. The maximum Gasteiger partial charge on any atom is 0.354 e. The average molecular weight is 362 g/mol. The highest BCUT2D eigenvalue weighted by Gasteiger charge is 2.26. The van der Waals surface area contributed by atoms with Crippen molar-refractivity contribution in [2.75, 3.05) is 14.2 Å². The highest BCUT2D eigenvalue weighted by Crippen LogP contribution is 2.17. The zero-order chi connectivity index (χ0) is 19.9. The van der Waals surface area contributed by atoms with E-state index in [1.165, 1.54) is 31.4 Å². The molecule has 0 unspecified atom stereocenters. The summed E-state index contributed by atoms with van der Waals surface area (Å²) in [5.74, 6) is -2.16. The lowest BCUT2D eigenvalue weighted by Gasteiger charge is -2.16. The first-order valence-electron chi connectivity index (χ1n) is 7.77. The van der Waals surface area contributed by atoms with Crippen LogP contribution in [0, 0.1) is 5.41 Å². The number of hydrazone groups is 1. The molecule has 0 radical (unpaired) electrons. The monoisotopic (exact) mass is 362 g/mol. The zero-order valence-corrected chi connectivity index (χ0v) is 15.4. The van der Waals surface area contributed by atoms with Crippen molar-refractivity contribution in [1.29, 1.82) is 0 Å². The standard InChI is InChI=1S/C18H22N2O6/c1-18(2,3)14(21)10-13(17(24)26-5)19-20-15(22)11-6-8-12(9-7-11)16(23)25-4/h6-9H,10H2,1-5H3,(H,20,22)/b19-13-. The van der Waals surface area contributed by atoms with Crippen molar-refractivity contribution in [2.45, 2.75) is 27.2 Å². The van der Waals surface area contributed by atoms with Crippen molar-refractivity contribution in [3.8, 4) is 0 Å². The van der Waals surface area contributed by atoms with Crippen LogP contribution in [0.1, 0.15) is 47.9 Å². The van der Waals surface area contributed by atoms with Gasteiger partial charge in [-0.2, -0.15) is 5.10 Å². The maximum absolute atomic E-state index is 12.1. The molecule has 26 heavy (non-hydrogen) atoms. The van der Waals surface area contributed by atoms with Gasteiger partial charge in [-0.05, 0) is 24.3 Å². The Morgan fingerprint density at radius 2 is 1.50 bits per heavy atom. The van der Waals surface area contributed by atoms with Gasteiger partial charge >= 0.3 is 11.9 Å². The van der Waals surface area contributed by atoms with Crippen LogP contribution in [-0.4, -0.2) is 43.6 Å². The number of hydrogen-bond acceptors (Lipinski definition) is 7. The van der Waals surface area contributed by atoms with Gasteiger partial charge in [-0.1, -0.05) is 20.8 Å². The number of ether oxygens (including phenoxy) is 2. The Hall–Kier alpha value is -3.03. The molecule has 1 N–H and O–H groups in total. The van der Waals surface area contributed by atoms with Crippen LogP contribution in [0.25, 0.3) is 0 Å². The van der Waals surface area contributed by atoms with E-state index in [0.29, 0.717) is 5.56 Å². The van der Waals surface area contributed by atoms with Crippen LogP contribution in [-0.2, 0) is 19.1 Å². The third kappa shape index (κ3) is 5.80. The number of nitrogens with one attached hydrogen (secondary N) is 1. The maximum atomic E-state index is 12.1. The number of amides is 1. The number of methoxy groups -OCH3 is 2. The number of rotatable bonds is 6. The van der Waals surface area contributed by atoms with Crippen LogP contribution < -0.4 is 5.43 Å². The predicted molar refractivity (Wildman–Crippen MR) is 93.8 cm³/mol. The summed E-state index contributed by atoms with van der Waals surface area (Å²) in [7, 11) is 2.41. The Morgan fingerprint density at radius 1 is 0.962 bits per heavy atom. The molecule has 0 atom stereocenters. The van der Waals surface area contributed by atoms with Gasteiger partial charge in [-0.3, -0.25) is 9.59 Å². The molecule has 0 fully saturated rings. The van der Waals surface area contributed by atoms with Gasteiger partial charge in [0.05, 0.1) is 26.2 Å². The van der Waals surface area contributed by atoms with Crippen LogP contribution in [0.5, 0.6) is 0 Å². The lowest BCUT2D eigenvalue weighted by molar-refractivity contribution is -0.134. The fourth-order valence-electron chi connectivity index (χ4n) is 1.75. The predicted octanol–water partition coefficient (Wildman–Crippen LogP) is 1.74. The second-order valence-corrected chi connectivity index (χ2v) is 6.41. The molecule has 0 saturated carbocycles. The van der Waals surface area contributed by atoms with Crippen LogP contribution in [0.4, 0.5) is 0 Å². The fraction of sp³-hybridized carbons (Fsp3) is 0.389. The van der Waals surface area contributed by atoms with E-state index in [0.717, 1.165) is 7.11 Å². The summed E-state index contributed by atoms with van der Waals surface area (Å²) in [6.07, 6.45) is -0.266. The zero-order valence-electron chi connectivity index (χ0n) is 15.4. The van der Waals surface area contributed by atoms with Gasteiger partial charge in [0.1, 0.15) is 5.78 Å². The van der Waals surface area contributed by atoms with Crippen molar-refractivity contribution in [2.24, 2.45) is 10.5 Å². The Labute approximate surface area is 151 Å². The van der Waals surface area contributed by atoms with Crippen molar-refractivity contribution in [3.05, 3.63) is 35.4 Å². The molecule has 8 heteroatoms. The van der Waals surface area contributed by atoms with Gasteiger partial charge in [0.25, 0.3) is 5.91 Å². The summed E-state index contributed by atoms with van der Waals surface area (Å²) < 4.78 is 9.17. The molecular formula is C18H22N2O6. The van der Waals surface area contributed by atoms with Crippen molar-refractivity contribution in [1.82, 2.24) is 5.43 Å². The minimum absolute atomic E-state index is 0.202. The largest absolute Gasteiger partial charge is 0.465 e. The lowest BCUT2D eigenvalue weighted by Crippen LogP contribution is -2.30. The molecule has 1 amide bonds. The van der Waals surface area contributed by atoms with Gasteiger partial charge in [-0.15, -0.1) is 0 Å². The third-order valence-electron chi connectivity index (χ3n) is 3.45. The first-order chi connectivity index (χ1) is 12.1. The molecule has 140 valence electrons. The van der Waals surface area contributed by atoms with Crippen LogP contribution in [0.2, 0.25) is 0 Å². The van der Waals surface area contributed by atoms with Gasteiger partial charge in [0.2, 0.25) is 0 Å². The lowest BCUT2D eigenvalue weighted by atomic mass is 9.88. The second-order valence-electron chi connectivity index (χ2n) is 6.41. The smallest absolute Gasteiger partial charge is 0.354 e. The summed E-state index contributed by atoms with van der Waals surface area (Å²) in [4.78, 5) is 47.4. The van der Waals surface area contributed by atoms with E-state index >= 15 is 0 Å². The van der Waals surface area contributed by atoms with Gasteiger partial charge in [-0.25, -0.2) is 15.0 Å². The highest BCUT2D eigenvalue weighted by atomic mass is 16.5. The normalized spacial score (nSPS) is 11.5. The van der Waals surface area contributed by atoms with Crippen LogP contribution in [0.3, 0.4) is 0 Å². The summed E-state index contributed by atoms with van der Waals surface area (Å²) in [6, 6.07) is 5.67. The minimum atomic E-state index is -0.802. The third-order valence-corrected chi connectivity index (χ3v) is 3.45. The summed E-state index contributed by atoms with van der Waals surface area (Å²) in [5.41, 5.74) is 1.85. The number of carbonyl (C=O) groups is 4. The van der Waals surface area contributed by atoms with Crippen molar-refractivity contribution < 1.29 is 28.7 Å². The first-order valence-corrected chi connectivity index (χ1v) is 7.77. The van der Waals surface area contributed by atoms with Crippen LogP contribution >= 0.6 is 0 Å². The molecule has 0 aromatic heterocycles. The van der Waals surface area contributed by atoms with E-state index in [-0.39, 0.29) is 23.5 Å². The van der Waals surface area contributed by atoms with E-state index in [9.17, 15) is 19.2 Å². The molecule has 0 aliphatic heterocycles.